The third-order valence-corrected chi connectivity index (χ3v) is 3.56. The fraction of sp³-hybridized carbons (Fsp3) is 0.462. The van der Waals surface area contributed by atoms with E-state index in [0.29, 0.717) is 18.7 Å². The van der Waals surface area contributed by atoms with Crippen molar-refractivity contribution in [2.75, 3.05) is 13.1 Å². The molecule has 0 spiro atoms. The summed E-state index contributed by atoms with van der Waals surface area (Å²) in [6.07, 6.45) is 1.76. The van der Waals surface area contributed by atoms with E-state index in [-0.39, 0.29) is 23.2 Å². The highest BCUT2D eigenvalue weighted by atomic mass is 16.6. The van der Waals surface area contributed by atoms with Crippen LogP contribution in [0.25, 0.3) is 0 Å². The monoisotopic (exact) mass is 263 g/mol. The van der Waals surface area contributed by atoms with Crippen LogP contribution in [0.5, 0.6) is 0 Å². The molecule has 1 aliphatic heterocycles. The Morgan fingerprint density at radius 1 is 1.58 bits per heavy atom. The average Bonchev–Trinajstić information content (AvgIpc) is 2.85. The molecule has 6 heteroatoms. The summed E-state index contributed by atoms with van der Waals surface area (Å²) in [5, 5.41) is 11.1. The van der Waals surface area contributed by atoms with Crippen LogP contribution in [-0.2, 0) is 0 Å². The standard InChI is InChI=1S/C13H17N3O3/c1-9-4-2-6-11(12(9)16(18)19)13(17)15-7-3-5-10(15)8-14/h2,4,6,10H,3,5,7-8,14H2,1H3. The summed E-state index contributed by atoms with van der Waals surface area (Å²) in [4.78, 5) is 24.7. The number of likely N-dealkylation sites (tertiary alicyclic amines) is 1. The first-order chi connectivity index (χ1) is 9.06. The van der Waals surface area contributed by atoms with Crippen molar-refractivity contribution in [1.29, 1.82) is 0 Å². The Morgan fingerprint density at radius 3 is 2.95 bits per heavy atom. The molecular weight excluding hydrogens is 246 g/mol. The van der Waals surface area contributed by atoms with Crippen LogP contribution in [0.3, 0.4) is 0 Å². The van der Waals surface area contributed by atoms with Crippen LogP contribution in [-0.4, -0.2) is 34.9 Å². The topological polar surface area (TPSA) is 89.5 Å². The van der Waals surface area contributed by atoms with E-state index in [9.17, 15) is 14.9 Å². The van der Waals surface area contributed by atoms with Crippen molar-refractivity contribution in [1.82, 2.24) is 4.90 Å². The number of hydrogen-bond donors (Lipinski definition) is 1. The molecule has 1 aromatic rings. The van der Waals surface area contributed by atoms with Crippen molar-refractivity contribution in [3.8, 4) is 0 Å². The maximum absolute atomic E-state index is 12.5. The zero-order valence-corrected chi connectivity index (χ0v) is 10.8. The number of hydrogen-bond acceptors (Lipinski definition) is 4. The smallest absolute Gasteiger partial charge is 0.285 e. The highest BCUT2D eigenvalue weighted by Gasteiger charge is 2.32. The number of nitro groups is 1. The van der Waals surface area contributed by atoms with Gasteiger partial charge in [0.15, 0.2) is 0 Å². The molecule has 19 heavy (non-hydrogen) atoms. The number of aryl methyl sites for hydroxylation is 1. The van der Waals surface area contributed by atoms with Gasteiger partial charge in [-0.25, -0.2) is 0 Å². The number of rotatable bonds is 3. The second kappa shape index (κ2) is 5.36. The van der Waals surface area contributed by atoms with Crippen LogP contribution in [0.4, 0.5) is 5.69 Å². The Hall–Kier alpha value is -1.95. The van der Waals surface area contributed by atoms with Gasteiger partial charge in [-0.2, -0.15) is 0 Å². The van der Waals surface area contributed by atoms with Crippen LogP contribution in [0, 0.1) is 17.0 Å². The van der Waals surface area contributed by atoms with E-state index in [1.807, 2.05) is 0 Å². The first-order valence-corrected chi connectivity index (χ1v) is 6.31. The van der Waals surface area contributed by atoms with Crippen molar-refractivity contribution in [2.24, 2.45) is 5.73 Å². The molecule has 6 nitrogen and oxygen atoms in total. The SMILES string of the molecule is Cc1cccc(C(=O)N2CCCC2CN)c1[N+](=O)[O-]. The van der Waals surface area contributed by atoms with E-state index >= 15 is 0 Å². The highest BCUT2D eigenvalue weighted by molar-refractivity contribution is 5.99. The van der Waals surface area contributed by atoms with Crippen molar-refractivity contribution in [3.05, 3.63) is 39.4 Å². The lowest BCUT2D eigenvalue weighted by Gasteiger charge is -2.23. The predicted octanol–water partition coefficient (Wildman–Crippen LogP) is 1.47. The molecule has 2 N–H and O–H groups in total. The van der Waals surface area contributed by atoms with Crippen LogP contribution in [0.2, 0.25) is 0 Å². The summed E-state index contributed by atoms with van der Waals surface area (Å²) in [7, 11) is 0. The minimum atomic E-state index is -0.490. The highest BCUT2D eigenvalue weighted by Crippen LogP contribution is 2.27. The van der Waals surface area contributed by atoms with E-state index < -0.39 is 4.92 Å². The molecule has 0 saturated carbocycles. The summed E-state index contributed by atoms with van der Waals surface area (Å²) < 4.78 is 0. The van der Waals surface area contributed by atoms with Crippen molar-refractivity contribution >= 4 is 11.6 Å². The Bertz CT molecular complexity index is 516. The number of para-hydroxylation sites is 1. The van der Waals surface area contributed by atoms with Crippen LogP contribution in [0.1, 0.15) is 28.8 Å². The maximum atomic E-state index is 12.5. The number of carbonyl (C=O) groups is 1. The molecular formula is C13H17N3O3. The quantitative estimate of drug-likeness (QED) is 0.660. The van der Waals surface area contributed by atoms with Gasteiger partial charge in [-0.05, 0) is 25.8 Å². The minimum absolute atomic E-state index is 0.00684. The largest absolute Gasteiger partial charge is 0.334 e. The number of amides is 1. The third kappa shape index (κ3) is 2.44. The first-order valence-electron chi connectivity index (χ1n) is 6.31. The molecule has 1 saturated heterocycles. The third-order valence-electron chi connectivity index (χ3n) is 3.56. The van der Waals surface area contributed by atoms with Gasteiger partial charge in [0, 0.05) is 24.7 Å². The Balaban J connectivity index is 2.39. The summed E-state index contributed by atoms with van der Waals surface area (Å²) in [6, 6.07) is 4.81. The van der Waals surface area contributed by atoms with Crippen LogP contribution < -0.4 is 5.73 Å². The molecule has 1 aliphatic rings. The summed E-state index contributed by atoms with van der Waals surface area (Å²) in [5.74, 6) is -0.289. The van der Waals surface area contributed by atoms with E-state index in [1.165, 1.54) is 6.07 Å². The molecule has 1 amide bonds. The fourth-order valence-electron chi connectivity index (χ4n) is 2.58. The predicted molar refractivity (Wildman–Crippen MR) is 70.9 cm³/mol. The Kier molecular flexibility index (Phi) is 3.80. The molecule has 1 aromatic carbocycles. The van der Waals surface area contributed by atoms with E-state index in [4.69, 9.17) is 5.73 Å². The van der Waals surface area contributed by atoms with Gasteiger partial charge >= 0.3 is 0 Å². The van der Waals surface area contributed by atoms with E-state index in [0.717, 1.165) is 12.8 Å². The zero-order chi connectivity index (χ0) is 14.0. The maximum Gasteiger partial charge on any atom is 0.285 e. The van der Waals surface area contributed by atoms with Gasteiger partial charge in [-0.1, -0.05) is 12.1 Å². The van der Waals surface area contributed by atoms with Crippen LogP contribution in [0.15, 0.2) is 18.2 Å². The lowest BCUT2D eigenvalue weighted by molar-refractivity contribution is -0.385. The number of nitro benzene ring substituents is 1. The van der Waals surface area contributed by atoms with E-state index in [2.05, 4.69) is 0 Å². The van der Waals surface area contributed by atoms with Crippen molar-refractivity contribution < 1.29 is 9.72 Å². The van der Waals surface area contributed by atoms with Crippen LogP contribution >= 0.6 is 0 Å². The van der Waals surface area contributed by atoms with Gasteiger partial charge in [0.1, 0.15) is 5.56 Å². The molecule has 0 aliphatic carbocycles. The zero-order valence-electron chi connectivity index (χ0n) is 10.8. The van der Waals surface area contributed by atoms with Gasteiger partial charge < -0.3 is 10.6 Å². The average molecular weight is 263 g/mol. The van der Waals surface area contributed by atoms with Crippen molar-refractivity contribution in [3.63, 3.8) is 0 Å². The van der Waals surface area contributed by atoms with E-state index in [1.54, 1.807) is 24.0 Å². The number of carbonyl (C=O) groups excluding carboxylic acids is 1. The number of benzene rings is 1. The molecule has 102 valence electrons. The first kappa shape index (κ1) is 13.5. The lowest BCUT2D eigenvalue weighted by Crippen LogP contribution is -2.40. The minimum Gasteiger partial charge on any atom is -0.334 e. The summed E-state index contributed by atoms with van der Waals surface area (Å²) in [6.45, 7) is 2.65. The molecule has 1 fully saturated rings. The Morgan fingerprint density at radius 2 is 2.32 bits per heavy atom. The molecule has 2 rings (SSSR count). The fourth-order valence-corrected chi connectivity index (χ4v) is 2.58. The molecule has 1 atom stereocenters. The lowest BCUT2D eigenvalue weighted by atomic mass is 10.1. The molecule has 1 unspecified atom stereocenters. The number of nitrogens with two attached hydrogens (primary N) is 1. The second-order valence-corrected chi connectivity index (χ2v) is 4.76. The van der Waals surface area contributed by atoms with Gasteiger partial charge in [0.05, 0.1) is 4.92 Å². The van der Waals surface area contributed by atoms with Gasteiger partial charge in [-0.15, -0.1) is 0 Å². The second-order valence-electron chi connectivity index (χ2n) is 4.76. The summed E-state index contributed by atoms with van der Waals surface area (Å²) in [5.41, 5.74) is 6.20. The summed E-state index contributed by atoms with van der Waals surface area (Å²) >= 11 is 0. The van der Waals surface area contributed by atoms with Gasteiger partial charge in [-0.3, -0.25) is 14.9 Å². The molecule has 0 bridgehead atoms. The molecule has 0 radical (unpaired) electrons. The van der Waals surface area contributed by atoms with Gasteiger partial charge in [0.2, 0.25) is 0 Å². The number of nitrogens with zero attached hydrogens (tertiary/aromatic N) is 2. The Labute approximate surface area is 111 Å². The molecule has 0 aromatic heterocycles. The normalized spacial score (nSPS) is 18.6. The molecule has 1 heterocycles. The van der Waals surface area contributed by atoms with Crippen molar-refractivity contribution in [2.45, 2.75) is 25.8 Å². The van der Waals surface area contributed by atoms with Gasteiger partial charge in [0.25, 0.3) is 11.6 Å².